The van der Waals surface area contributed by atoms with Gasteiger partial charge in [-0.25, -0.2) is 9.97 Å². The highest BCUT2D eigenvalue weighted by Gasteiger charge is 2.36. The summed E-state index contributed by atoms with van der Waals surface area (Å²) < 4.78 is 5.31. The fourth-order valence-corrected chi connectivity index (χ4v) is 3.83. The van der Waals surface area contributed by atoms with E-state index in [2.05, 4.69) is 15.3 Å². The van der Waals surface area contributed by atoms with E-state index >= 15 is 0 Å². The summed E-state index contributed by atoms with van der Waals surface area (Å²) in [5.41, 5.74) is 1.66. The number of carbonyl (C=O) groups excluding carboxylic acids is 1. The van der Waals surface area contributed by atoms with Gasteiger partial charge in [-0.15, -0.1) is 0 Å². The molecule has 1 aromatic heterocycles. The molecule has 122 valence electrons. The normalized spacial score (nSPS) is 18.2. The van der Waals surface area contributed by atoms with Crippen LogP contribution < -0.4 is 5.32 Å². The molecule has 0 radical (unpaired) electrons. The maximum absolute atomic E-state index is 12.5. The van der Waals surface area contributed by atoms with Gasteiger partial charge in [0.2, 0.25) is 5.91 Å². The quantitative estimate of drug-likeness (QED) is 0.644. The zero-order valence-electron chi connectivity index (χ0n) is 13.8. The van der Waals surface area contributed by atoms with Crippen molar-refractivity contribution < 1.29 is 9.53 Å². The molecular formula is C16H25N3O2S. The van der Waals surface area contributed by atoms with Crippen molar-refractivity contribution in [1.82, 2.24) is 15.3 Å². The summed E-state index contributed by atoms with van der Waals surface area (Å²) in [6.45, 7) is 6.36. The van der Waals surface area contributed by atoms with E-state index in [1.807, 2.05) is 26.8 Å². The Morgan fingerprint density at radius 3 is 2.50 bits per heavy atom. The first-order valence-corrected chi connectivity index (χ1v) is 8.62. The van der Waals surface area contributed by atoms with Gasteiger partial charge in [0.05, 0.1) is 17.4 Å². The van der Waals surface area contributed by atoms with Crippen LogP contribution in [-0.2, 0) is 9.53 Å². The Morgan fingerprint density at radius 1 is 1.36 bits per heavy atom. The van der Waals surface area contributed by atoms with Gasteiger partial charge in [-0.2, -0.15) is 0 Å². The number of thioether (sulfide) groups is 1. The zero-order valence-corrected chi connectivity index (χ0v) is 14.6. The summed E-state index contributed by atoms with van der Waals surface area (Å²) in [4.78, 5) is 21.3. The average molecular weight is 323 g/mol. The van der Waals surface area contributed by atoms with Crippen molar-refractivity contribution in [2.24, 2.45) is 0 Å². The molecule has 1 N–H and O–H groups in total. The smallest absolute Gasteiger partial charge is 0.233 e. The Morgan fingerprint density at radius 2 is 1.95 bits per heavy atom. The first-order chi connectivity index (χ1) is 10.4. The molecule has 1 aromatic rings. The standard InChI is InChI=1S/C16H25N3O2S/c1-11-9-12(2)18-15(17-11)22-13(3)14(20)19-16(10-21-4)7-5-6-8-16/h9,13H,5-8,10H2,1-4H3,(H,19,20)/t13-/m0/s1. The topological polar surface area (TPSA) is 64.1 Å². The van der Waals surface area contributed by atoms with E-state index in [9.17, 15) is 4.79 Å². The third kappa shape index (κ3) is 4.43. The minimum Gasteiger partial charge on any atom is -0.382 e. The first kappa shape index (κ1) is 17.2. The summed E-state index contributed by atoms with van der Waals surface area (Å²) in [5, 5.41) is 3.64. The number of aryl methyl sites for hydroxylation is 2. The van der Waals surface area contributed by atoms with Crippen molar-refractivity contribution in [3.63, 3.8) is 0 Å². The number of hydrogen-bond acceptors (Lipinski definition) is 5. The molecule has 2 rings (SSSR count). The van der Waals surface area contributed by atoms with E-state index in [1.54, 1.807) is 7.11 Å². The predicted molar refractivity (Wildman–Crippen MR) is 88.0 cm³/mol. The van der Waals surface area contributed by atoms with E-state index in [1.165, 1.54) is 11.8 Å². The average Bonchev–Trinajstić information content (AvgIpc) is 2.86. The molecule has 22 heavy (non-hydrogen) atoms. The molecule has 0 saturated heterocycles. The number of nitrogens with zero attached hydrogens (tertiary/aromatic N) is 2. The molecule has 6 heteroatoms. The number of nitrogens with one attached hydrogen (secondary N) is 1. The van der Waals surface area contributed by atoms with Crippen molar-refractivity contribution in [1.29, 1.82) is 0 Å². The number of aromatic nitrogens is 2. The van der Waals surface area contributed by atoms with E-state index in [4.69, 9.17) is 4.74 Å². The van der Waals surface area contributed by atoms with Crippen LogP contribution in [0.1, 0.15) is 44.0 Å². The molecular weight excluding hydrogens is 298 g/mol. The molecule has 1 amide bonds. The van der Waals surface area contributed by atoms with Crippen molar-refractivity contribution in [2.75, 3.05) is 13.7 Å². The Kier molecular flexibility index (Phi) is 5.81. The zero-order chi connectivity index (χ0) is 16.2. The van der Waals surface area contributed by atoms with Crippen LogP contribution in [0.5, 0.6) is 0 Å². The molecule has 1 aliphatic rings. The molecule has 1 heterocycles. The number of hydrogen-bond donors (Lipinski definition) is 1. The summed E-state index contributed by atoms with van der Waals surface area (Å²) >= 11 is 1.41. The highest BCUT2D eigenvalue weighted by atomic mass is 32.2. The van der Waals surface area contributed by atoms with Gasteiger partial charge in [-0.3, -0.25) is 4.79 Å². The molecule has 1 aliphatic carbocycles. The summed E-state index contributed by atoms with van der Waals surface area (Å²) in [7, 11) is 1.69. The molecule has 5 nitrogen and oxygen atoms in total. The molecule has 0 aromatic carbocycles. The van der Waals surface area contributed by atoms with E-state index < -0.39 is 0 Å². The summed E-state index contributed by atoms with van der Waals surface area (Å²) in [6, 6.07) is 1.93. The van der Waals surface area contributed by atoms with Crippen LogP contribution in [0.2, 0.25) is 0 Å². The molecule has 1 fully saturated rings. The molecule has 1 saturated carbocycles. The van der Waals surface area contributed by atoms with Crippen molar-refractivity contribution in [3.8, 4) is 0 Å². The SMILES string of the molecule is COCC1(NC(=O)[C@H](C)Sc2nc(C)cc(C)n2)CCCC1. The molecule has 0 spiro atoms. The third-order valence-electron chi connectivity index (χ3n) is 3.98. The van der Waals surface area contributed by atoms with Crippen LogP contribution >= 0.6 is 11.8 Å². The highest BCUT2D eigenvalue weighted by molar-refractivity contribution is 8.00. The lowest BCUT2D eigenvalue weighted by Gasteiger charge is -2.30. The van der Waals surface area contributed by atoms with Crippen LogP contribution in [0.3, 0.4) is 0 Å². The second-order valence-electron chi connectivity index (χ2n) is 6.10. The van der Waals surface area contributed by atoms with E-state index in [0.717, 1.165) is 37.1 Å². The lowest BCUT2D eigenvalue weighted by molar-refractivity contribution is -0.122. The number of rotatable bonds is 6. The van der Waals surface area contributed by atoms with Gasteiger partial charge in [0, 0.05) is 18.5 Å². The lowest BCUT2D eigenvalue weighted by atomic mass is 9.98. The minimum atomic E-state index is -0.226. The monoisotopic (exact) mass is 323 g/mol. The Bertz CT molecular complexity index is 510. The molecule has 0 aliphatic heterocycles. The second-order valence-corrected chi connectivity index (χ2v) is 7.41. The summed E-state index contributed by atoms with van der Waals surface area (Å²) in [6.07, 6.45) is 4.27. The first-order valence-electron chi connectivity index (χ1n) is 7.74. The summed E-state index contributed by atoms with van der Waals surface area (Å²) in [5.74, 6) is 0.0340. The van der Waals surface area contributed by atoms with Crippen molar-refractivity contribution in [3.05, 3.63) is 17.5 Å². The van der Waals surface area contributed by atoms with Crippen LogP contribution in [0.15, 0.2) is 11.2 Å². The number of methoxy groups -OCH3 is 1. The number of ether oxygens (including phenoxy) is 1. The third-order valence-corrected chi connectivity index (χ3v) is 4.94. The fourth-order valence-electron chi connectivity index (χ4n) is 2.95. The van der Waals surface area contributed by atoms with Gasteiger partial charge < -0.3 is 10.1 Å². The van der Waals surface area contributed by atoms with Gasteiger partial charge in [0.15, 0.2) is 5.16 Å². The van der Waals surface area contributed by atoms with E-state index in [0.29, 0.717) is 11.8 Å². The van der Waals surface area contributed by atoms with Gasteiger partial charge in [0.1, 0.15) is 0 Å². The van der Waals surface area contributed by atoms with Crippen molar-refractivity contribution >= 4 is 17.7 Å². The van der Waals surface area contributed by atoms with Crippen molar-refractivity contribution in [2.45, 2.75) is 62.4 Å². The largest absolute Gasteiger partial charge is 0.382 e. The van der Waals surface area contributed by atoms with Gasteiger partial charge in [0.25, 0.3) is 0 Å². The fraction of sp³-hybridized carbons (Fsp3) is 0.688. The van der Waals surface area contributed by atoms with Gasteiger partial charge in [-0.1, -0.05) is 24.6 Å². The van der Waals surface area contributed by atoms with Crippen LogP contribution in [0.4, 0.5) is 0 Å². The Labute approximate surface area is 136 Å². The maximum atomic E-state index is 12.5. The lowest BCUT2D eigenvalue weighted by Crippen LogP contribution is -2.51. The maximum Gasteiger partial charge on any atom is 0.233 e. The van der Waals surface area contributed by atoms with E-state index in [-0.39, 0.29) is 16.7 Å². The van der Waals surface area contributed by atoms with Crippen LogP contribution in [0.25, 0.3) is 0 Å². The van der Waals surface area contributed by atoms with Crippen LogP contribution in [-0.4, -0.2) is 40.4 Å². The second kappa shape index (κ2) is 7.42. The Balaban J connectivity index is 1.99. The highest BCUT2D eigenvalue weighted by Crippen LogP contribution is 2.31. The predicted octanol–water partition coefficient (Wildman–Crippen LogP) is 2.65. The minimum absolute atomic E-state index is 0.0340. The Hall–Kier alpha value is -1.14. The molecule has 0 bridgehead atoms. The molecule has 1 atom stereocenters. The van der Waals surface area contributed by atoms with Gasteiger partial charge in [-0.05, 0) is 39.7 Å². The molecule has 0 unspecified atom stereocenters. The number of carbonyl (C=O) groups is 1. The number of amides is 1. The van der Waals surface area contributed by atoms with Gasteiger partial charge >= 0.3 is 0 Å². The van der Waals surface area contributed by atoms with Crippen LogP contribution in [0, 0.1) is 13.8 Å².